The van der Waals surface area contributed by atoms with E-state index in [1.54, 1.807) is 13.8 Å². The fourth-order valence-electron chi connectivity index (χ4n) is 1.50. The van der Waals surface area contributed by atoms with Crippen LogP contribution in [0.2, 0.25) is 10.4 Å². The smallest absolute Gasteiger partial charge is 0.310 e. The first-order valence-electron chi connectivity index (χ1n) is 5.88. The molecule has 20 heavy (non-hydrogen) atoms. The van der Waals surface area contributed by atoms with E-state index in [-0.39, 0.29) is 28.6 Å². The van der Waals surface area contributed by atoms with Gasteiger partial charge in [-0.25, -0.2) is 9.97 Å². The molecule has 0 aliphatic heterocycles. The van der Waals surface area contributed by atoms with Gasteiger partial charge in [-0.1, -0.05) is 25.4 Å². The first-order valence-corrected chi connectivity index (χ1v) is 6.64. The maximum Gasteiger partial charge on any atom is 0.310 e. The summed E-state index contributed by atoms with van der Waals surface area (Å²) in [6, 6.07) is 1.33. The zero-order chi connectivity index (χ0) is 15.5. The van der Waals surface area contributed by atoms with Gasteiger partial charge in [-0.2, -0.15) is 0 Å². The second-order valence-electron chi connectivity index (χ2n) is 4.95. The quantitative estimate of drug-likeness (QED) is 0.643. The Labute approximate surface area is 126 Å². The first-order chi connectivity index (χ1) is 9.15. The molecule has 1 atom stereocenters. The molecule has 1 heterocycles. The third-order valence-electron chi connectivity index (χ3n) is 3.23. The van der Waals surface area contributed by atoms with Crippen molar-refractivity contribution < 1.29 is 14.7 Å². The molecular weight excluding hydrogens is 305 g/mol. The monoisotopic (exact) mass is 319 g/mol. The number of aromatic nitrogens is 2. The van der Waals surface area contributed by atoms with Crippen molar-refractivity contribution in [2.45, 2.75) is 27.2 Å². The number of carbonyl (C=O) groups is 2. The fraction of sp³-hybridized carbons (Fsp3) is 0.500. The van der Waals surface area contributed by atoms with Crippen LogP contribution >= 0.6 is 23.2 Å². The van der Waals surface area contributed by atoms with Crippen molar-refractivity contribution in [2.24, 2.45) is 11.3 Å². The van der Waals surface area contributed by atoms with Gasteiger partial charge in [0.2, 0.25) is 11.2 Å². The van der Waals surface area contributed by atoms with E-state index in [1.165, 1.54) is 13.0 Å². The molecule has 1 unspecified atom stereocenters. The number of anilines is 1. The van der Waals surface area contributed by atoms with Gasteiger partial charge in [0.05, 0.1) is 5.41 Å². The second kappa shape index (κ2) is 6.37. The standard InChI is InChI=1S/C12H15Cl2N3O3/c1-6(2)12(3,10(19)20)5-9(18)16-8-4-7(13)15-11(14)17-8/h4,6H,5H2,1-3H3,(H,19,20)(H,15,16,17,18). The average molecular weight is 320 g/mol. The van der Waals surface area contributed by atoms with Crippen molar-refractivity contribution in [3.63, 3.8) is 0 Å². The van der Waals surface area contributed by atoms with Crippen LogP contribution in [0, 0.1) is 11.3 Å². The highest BCUT2D eigenvalue weighted by atomic mass is 35.5. The molecule has 2 N–H and O–H groups in total. The van der Waals surface area contributed by atoms with Gasteiger partial charge in [-0.15, -0.1) is 0 Å². The Balaban J connectivity index is 2.84. The number of hydrogen-bond acceptors (Lipinski definition) is 4. The number of halogens is 2. The lowest BCUT2D eigenvalue weighted by atomic mass is 9.76. The number of nitrogens with one attached hydrogen (secondary N) is 1. The molecule has 8 heteroatoms. The second-order valence-corrected chi connectivity index (χ2v) is 5.67. The number of rotatable bonds is 5. The van der Waals surface area contributed by atoms with Crippen LogP contribution in [0.4, 0.5) is 5.82 Å². The molecule has 1 aromatic heterocycles. The number of carboxylic acids is 1. The van der Waals surface area contributed by atoms with Crippen molar-refractivity contribution in [3.8, 4) is 0 Å². The predicted molar refractivity (Wildman–Crippen MR) is 75.9 cm³/mol. The number of aliphatic carboxylic acids is 1. The van der Waals surface area contributed by atoms with E-state index < -0.39 is 17.3 Å². The summed E-state index contributed by atoms with van der Waals surface area (Å²) in [7, 11) is 0. The molecule has 6 nitrogen and oxygen atoms in total. The Morgan fingerprint density at radius 1 is 1.40 bits per heavy atom. The summed E-state index contributed by atoms with van der Waals surface area (Å²) in [6.07, 6.45) is -0.181. The molecule has 0 bridgehead atoms. The Bertz CT molecular complexity index is 516. The van der Waals surface area contributed by atoms with E-state index in [4.69, 9.17) is 23.2 Å². The van der Waals surface area contributed by atoms with Crippen LogP contribution < -0.4 is 5.32 Å². The van der Waals surface area contributed by atoms with Crippen LogP contribution in [0.5, 0.6) is 0 Å². The third kappa shape index (κ3) is 4.05. The summed E-state index contributed by atoms with van der Waals surface area (Å²) in [6.45, 7) is 5.03. The van der Waals surface area contributed by atoms with Crippen molar-refractivity contribution in [2.75, 3.05) is 5.32 Å². The average Bonchev–Trinajstić information content (AvgIpc) is 2.26. The van der Waals surface area contributed by atoms with Crippen molar-refractivity contribution in [1.29, 1.82) is 0 Å². The minimum atomic E-state index is -1.16. The summed E-state index contributed by atoms with van der Waals surface area (Å²) in [4.78, 5) is 30.7. The van der Waals surface area contributed by atoms with Gasteiger partial charge in [0, 0.05) is 12.5 Å². The van der Waals surface area contributed by atoms with Crippen LogP contribution in [0.15, 0.2) is 6.07 Å². The predicted octanol–water partition coefficient (Wildman–Crippen LogP) is 2.86. The van der Waals surface area contributed by atoms with Gasteiger partial charge >= 0.3 is 5.97 Å². The minimum Gasteiger partial charge on any atom is -0.481 e. The molecule has 0 saturated carbocycles. The largest absolute Gasteiger partial charge is 0.481 e. The highest BCUT2D eigenvalue weighted by Gasteiger charge is 2.38. The molecule has 0 saturated heterocycles. The summed E-state index contributed by atoms with van der Waals surface area (Å²) in [5.74, 6) is -1.57. The van der Waals surface area contributed by atoms with E-state index >= 15 is 0 Å². The number of carbonyl (C=O) groups excluding carboxylic acids is 1. The molecule has 0 radical (unpaired) electrons. The number of amides is 1. The van der Waals surface area contributed by atoms with E-state index in [0.717, 1.165) is 0 Å². The first kappa shape index (κ1) is 16.7. The highest BCUT2D eigenvalue weighted by molar-refractivity contribution is 6.32. The van der Waals surface area contributed by atoms with Crippen molar-refractivity contribution in [3.05, 3.63) is 16.5 Å². The third-order valence-corrected chi connectivity index (χ3v) is 3.59. The minimum absolute atomic E-state index is 0.0881. The summed E-state index contributed by atoms with van der Waals surface area (Å²) >= 11 is 11.3. The Kier molecular flexibility index (Phi) is 5.30. The molecule has 0 spiro atoms. The van der Waals surface area contributed by atoms with Crippen LogP contribution in [0.3, 0.4) is 0 Å². The summed E-state index contributed by atoms with van der Waals surface area (Å²) < 4.78 is 0. The SMILES string of the molecule is CC(C)C(C)(CC(=O)Nc1cc(Cl)nc(Cl)n1)C(=O)O. The van der Waals surface area contributed by atoms with Gasteiger partial charge in [-0.3, -0.25) is 9.59 Å². The van der Waals surface area contributed by atoms with Gasteiger partial charge in [0.25, 0.3) is 0 Å². The lowest BCUT2D eigenvalue weighted by Crippen LogP contribution is -2.37. The van der Waals surface area contributed by atoms with Gasteiger partial charge < -0.3 is 10.4 Å². The fourth-order valence-corrected chi connectivity index (χ4v) is 1.91. The zero-order valence-electron chi connectivity index (χ0n) is 11.3. The maximum absolute atomic E-state index is 11.9. The van der Waals surface area contributed by atoms with Crippen LogP contribution in [0.1, 0.15) is 27.2 Å². The molecule has 110 valence electrons. The van der Waals surface area contributed by atoms with Crippen LogP contribution in [0.25, 0.3) is 0 Å². The molecule has 0 aliphatic rings. The Morgan fingerprint density at radius 2 is 2.00 bits per heavy atom. The lowest BCUT2D eigenvalue weighted by Gasteiger charge is -2.28. The topological polar surface area (TPSA) is 92.2 Å². The van der Waals surface area contributed by atoms with E-state index in [9.17, 15) is 14.7 Å². The maximum atomic E-state index is 11.9. The highest BCUT2D eigenvalue weighted by Crippen LogP contribution is 2.31. The molecule has 1 rings (SSSR count). The molecule has 0 fully saturated rings. The molecular formula is C12H15Cl2N3O3. The molecule has 1 amide bonds. The Morgan fingerprint density at radius 3 is 2.45 bits per heavy atom. The zero-order valence-corrected chi connectivity index (χ0v) is 12.8. The lowest BCUT2D eigenvalue weighted by molar-refractivity contribution is -0.153. The van der Waals surface area contributed by atoms with Gasteiger partial charge in [0.15, 0.2) is 0 Å². The van der Waals surface area contributed by atoms with E-state index in [0.29, 0.717) is 0 Å². The van der Waals surface area contributed by atoms with Gasteiger partial charge in [0.1, 0.15) is 11.0 Å². The summed E-state index contributed by atoms with van der Waals surface area (Å²) in [5.41, 5.74) is -1.16. The number of nitrogens with zero attached hydrogens (tertiary/aromatic N) is 2. The number of carboxylic acid groups (broad SMARTS) is 1. The van der Waals surface area contributed by atoms with Gasteiger partial charge in [-0.05, 0) is 24.4 Å². The van der Waals surface area contributed by atoms with Crippen LogP contribution in [-0.2, 0) is 9.59 Å². The van der Waals surface area contributed by atoms with E-state index in [2.05, 4.69) is 15.3 Å². The van der Waals surface area contributed by atoms with Crippen molar-refractivity contribution >= 4 is 40.9 Å². The Hall–Kier alpha value is -1.40. The van der Waals surface area contributed by atoms with Crippen molar-refractivity contribution in [1.82, 2.24) is 9.97 Å². The molecule has 1 aromatic rings. The molecule has 0 aliphatic carbocycles. The van der Waals surface area contributed by atoms with Crippen LogP contribution in [-0.4, -0.2) is 27.0 Å². The number of hydrogen-bond donors (Lipinski definition) is 2. The normalized spacial score (nSPS) is 13.9. The summed E-state index contributed by atoms with van der Waals surface area (Å²) in [5, 5.41) is 11.7. The van der Waals surface area contributed by atoms with E-state index in [1.807, 2.05) is 0 Å². The molecule has 0 aromatic carbocycles.